The SMILES string of the molecule is Cc1cc(NC(=O)CN2CCN(C(C)C(=O)NC(C)c3ccccc3)CC2)no1. The molecule has 1 fully saturated rings. The molecular formula is C21H29N5O3. The van der Waals surface area contributed by atoms with Crippen molar-refractivity contribution in [1.82, 2.24) is 20.3 Å². The molecule has 2 amide bonds. The Morgan fingerprint density at radius 1 is 1.14 bits per heavy atom. The molecule has 1 saturated heterocycles. The highest BCUT2D eigenvalue weighted by atomic mass is 16.5. The highest BCUT2D eigenvalue weighted by Gasteiger charge is 2.27. The Hall–Kier alpha value is -2.71. The summed E-state index contributed by atoms with van der Waals surface area (Å²) in [5, 5.41) is 9.60. The third-order valence-corrected chi connectivity index (χ3v) is 5.26. The van der Waals surface area contributed by atoms with Gasteiger partial charge in [-0.05, 0) is 26.3 Å². The van der Waals surface area contributed by atoms with E-state index >= 15 is 0 Å². The number of hydrogen-bond donors (Lipinski definition) is 2. The minimum absolute atomic E-state index is 0.0222. The zero-order valence-corrected chi connectivity index (χ0v) is 17.2. The molecule has 3 rings (SSSR count). The Labute approximate surface area is 171 Å². The zero-order valence-electron chi connectivity index (χ0n) is 17.2. The molecule has 0 radical (unpaired) electrons. The monoisotopic (exact) mass is 399 g/mol. The van der Waals surface area contributed by atoms with Crippen molar-refractivity contribution in [2.75, 3.05) is 38.0 Å². The standard InChI is InChI=1S/C21H29N5O3/c1-15-13-19(24-29-15)23-20(27)14-25-9-11-26(12-10-25)17(3)21(28)22-16(2)18-7-5-4-6-8-18/h4-8,13,16-17H,9-12,14H2,1-3H3,(H,22,28)(H,23,24,27). The summed E-state index contributed by atoms with van der Waals surface area (Å²) < 4.78 is 4.95. The number of nitrogens with zero attached hydrogens (tertiary/aromatic N) is 3. The Morgan fingerprint density at radius 3 is 2.45 bits per heavy atom. The van der Waals surface area contributed by atoms with Crippen LogP contribution >= 0.6 is 0 Å². The molecule has 0 spiro atoms. The smallest absolute Gasteiger partial charge is 0.239 e. The molecule has 8 heteroatoms. The molecule has 0 bridgehead atoms. The van der Waals surface area contributed by atoms with E-state index in [9.17, 15) is 9.59 Å². The molecule has 2 aromatic rings. The summed E-state index contributed by atoms with van der Waals surface area (Å²) in [7, 11) is 0. The molecule has 1 aliphatic rings. The van der Waals surface area contributed by atoms with Crippen LogP contribution in [0.15, 0.2) is 40.9 Å². The van der Waals surface area contributed by atoms with Crippen LogP contribution in [0.25, 0.3) is 0 Å². The molecule has 1 aromatic carbocycles. The first-order valence-corrected chi connectivity index (χ1v) is 9.97. The fourth-order valence-electron chi connectivity index (χ4n) is 3.44. The largest absolute Gasteiger partial charge is 0.360 e. The van der Waals surface area contributed by atoms with E-state index in [1.165, 1.54) is 0 Å². The van der Waals surface area contributed by atoms with Gasteiger partial charge in [-0.15, -0.1) is 0 Å². The number of amides is 2. The van der Waals surface area contributed by atoms with Crippen LogP contribution in [0.4, 0.5) is 5.82 Å². The Morgan fingerprint density at radius 2 is 1.83 bits per heavy atom. The third-order valence-electron chi connectivity index (χ3n) is 5.26. The van der Waals surface area contributed by atoms with Gasteiger partial charge < -0.3 is 15.2 Å². The summed E-state index contributed by atoms with van der Waals surface area (Å²) in [6.45, 7) is 8.95. The van der Waals surface area contributed by atoms with Gasteiger partial charge in [-0.1, -0.05) is 35.5 Å². The molecule has 2 atom stereocenters. The quantitative estimate of drug-likeness (QED) is 0.738. The first-order valence-electron chi connectivity index (χ1n) is 9.97. The second kappa shape index (κ2) is 9.67. The minimum Gasteiger partial charge on any atom is -0.360 e. The summed E-state index contributed by atoms with van der Waals surface area (Å²) in [5.74, 6) is 0.995. The molecule has 1 aromatic heterocycles. The normalized spacial score (nSPS) is 17.5. The topological polar surface area (TPSA) is 90.7 Å². The average molecular weight is 399 g/mol. The molecule has 1 aliphatic heterocycles. The third kappa shape index (κ3) is 5.88. The summed E-state index contributed by atoms with van der Waals surface area (Å²) in [5.41, 5.74) is 1.09. The molecular weight excluding hydrogens is 370 g/mol. The molecule has 2 heterocycles. The number of nitrogens with one attached hydrogen (secondary N) is 2. The second-order valence-corrected chi connectivity index (χ2v) is 7.50. The van der Waals surface area contributed by atoms with Crippen LogP contribution in [0.2, 0.25) is 0 Å². The maximum absolute atomic E-state index is 12.6. The van der Waals surface area contributed by atoms with Crippen LogP contribution in [0, 0.1) is 6.92 Å². The van der Waals surface area contributed by atoms with Crippen molar-refractivity contribution in [3.63, 3.8) is 0 Å². The average Bonchev–Trinajstić information content (AvgIpc) is 3.13. The van der Waals surface area contributed by atoms with Crippen LogP contribution in [0.3, 0.4) is 0 Å². The van der Waals surface area contributed by atoms with Gasteiger partial charge in [-0.25, -0.2) is 0 Å². The van der Waals surface area contributed by atoms with Crippen molar-refractivity contribution in [3.05, 3.63) is 47.7 Å². The van der Waals surface area contributed by atoms with Crippen LogP contribution < -0.4 is 10.6 Å². The number of carbonyl (C=O) groups is 2. The lowest BCUT2D eigenvalue weighted by atomic mass is 10.1. The molecule has 156 valence electrons. The van der Waals surface area contributed by atoms with Crippen molar-refractivity contribution in [1.29, 1.82) is 0 Å². The second-order valence-electron chi connectivity index (χ2n) is 7.50. The van der Waals surface area contributed by atoms with Gasteiger partial charge in [0.15, 0.2) is 5.82 Å². The summed E-state index contributed by atoms with van der Waals surface area (Å²) in [6, 6.07) is 11.4. The van der Waals surface area contributed by atoms with Crippen molar-refractivity contribution in [3.8, 4) is 0 Å². The van der Waals surface area contributed by atoms with Crippen molar-refractivity contribution < 1.29 is 14.1 Å². The first-order chi connectivity index (χ1) is 13.9. The number of aromatic nitrogens is 1. The van der Waals surface area contributed by atoms with E-state index in [0.29, 0.717) is 18.1 Å². The zero-order chi connectivity index (χ0) is 20.8. The number of benzene rings is 1. The highest BCUT2D eigenvalue weighted by Crippen LogP contribution is 2.13. The van der Waals surface area contributed by atoms with Gasteiger partial charge in [-0.3, -0.25) is 19.4 Å². The number of piperazine rings is 1. The van der Waals surface area contributed by atoms with Gasteiger partial charge in [0, 0.05) is 32.2 Å². The van der Waals surface area contributed by atoms with Crippen LogP contribution in [0.5, 0.6) is 0 Å². The molecule has 0 aliphatic carbocycles. The van der Waals surface area contributed by atoms with E-state index in [2.05, 4.69) is 25.6 Å². The predicted molar refractivity (Wildman–Crippen MR) is 110 cm³/mol. The lowest BCUT2D eigenvalue weighted by molar-refractivity contribution is -0.127. The number of anilines is 1. The van der Waals surface area contributed by atoms with E-state index in [4.69, 9.17) is 4.52 Å². The molecule has 2 N–H and O–H groups in total. The molecule has 8 nitrogen and oxygen atoms in total. The number of hydrogen-bond acceptors (Lipinski definition) is 6. The van der Waals surface area contributed by atoms with E-state index in [1.807, 2.05) is 44.2 Å². The summed E-state index contributed by atoms with van der Waals surface area (Å²) in [6.07, 6.45) is 0. The highest BCUT2D eigenvalue weighted by molar-refractivity contribution is 5.91. The maximum Gasteiger partial charge on any atom is 0.239 e. The summed E-state index contributed by atoms with van der Waals surface area (Å²) in [4.78, 5) is 29.0. The van der Waals surface area contributed by atoms with E-state index < -0.39 is 0 Å². The Balaban J connectivity index is 1.42. The van der Waals surface area contributed by atoms with Gasteiger partial charge in [0.2, 0.25) is 11.8 Å². The summed E-state index contributed by atoms with van der Waals surface area (Å²) >= 11 is 0. The van der Waals surface area contributed by atoms with E-state index in [1.54, 1.807) is 13.0 Å². The van der Waals surface area contributed by atoms with Crippen molar-refractivity contribution >= 4 is 17.6 Å². The minimum atomic E-state index is -0.213. The first kappa shape index (κ1) is 21.0. The van der Waals surface area contributed by atoms with Crippen LogP contribution in [-0.4, -0.2) is 65.5 Å². The van der Waals surface area contributed by atoms with Gasteiger partial charge in [0.1, 0.15) is 5.76 Å². The number of rotatable bonds is 7. The molecule has 29 heavy (non-hydrogen) atoms. The lowest BCUT2D eigenvalue weighted by Gasteiger charge is -2.37. The number of aryl methyl sites for hydroxylation is 1. The van der Waals surface area contributed by atoms with Crippen molar-refractivity contribution in [2.24, 2.45) is 0 Å². The van der Waals surface area contributed by atoms with Gasteiger partial charge in [0.05, 0.1) is 18.6 Å². The van der Waals surface area contributed by atoms with E-state index in [0.717, 1.165) is 31.7 Å². The van der Waals surface area contributed by atoms with Crippen molar-refractivity contribution in [2.45, 2.75) is 32.9 Å². The van der Waals surface area contributed by atoms with Gasteiger partial charge in [0.25, 0.3) is 0 Å². The van der Waals surface area contributed by atoms with Gasteiger partial charge >= 0.3 is 0 Å². The predicted octanol–water partition coefficient (Wildman–Crippen LogP) is 1.81. The Bertz CT molecular complexity index is 815. The lowest BCUT2D eigenvalue weighted by Crippen LogP contribution is -2.55. The Kier molecular flexibility index (Phi) is 7.00. The van der Waals surface area contributed by atoms with Crippen LogP contribution in [0.1, 0.15) is 31.2 Å². The van der Waals surface area contributed by atoms with Crippen LogP contribution in [-0.2, 0) is 9.59 Å². The maximum atomic E-state index is 12.6. The molecule has 2 unspecified atom stereocenters. The fourth-order valence-corrected chi connectivity index (χ4v) is 3.44. The van der Waals surface area contributed by atoms with E-state index in [-0.39, 0.29) is 23.9 Å². The number of carbonyl (C=O) groups excluding carboxylic acids is 2. The fraction of sp³-hybridized carbons (Fsp3) is 0.476. The van der Waals surface area contributed by atoms with Gasteiger partial charge in [-0.2, -0.15) is 0 Å². The molecule has 0 saturated carbocycles.